The van der Waals surface area contributed by atoms with Crippen molar-refractivity contribution in [3.63, 3.8) is 0 Å². The molecule has 0 aliphatic carbocycles. The monoisotopic (exact) mass is 249 g/mol. The molecule has 0 saturated carbocycles. The van der Waals surface area contributed by atoms with Crippen LogP contribution in [-0.4, -0.2) is 22.6 Å². The number of hydrogen-bond donors (Lipinski definition) is 1. The summed E-state index contributed by atoms with van der Waals surface area (Å²) in [5, 5.41) is 12.6. The molecule has 0 aliphatic rings. The lowest BCUT2D eigenvalue weighted by Crippen LogP contribution is -2.03. The molecule has 0 fully saturated rings. The molecule has 1 aromatic carbocycles. The zero-order valence-electron chi connectivity index (χ0n) is 9.69. The second-order valence-electron chi connectivity index (χ2n) is 3.95. The van der Waals surface area contributed by atoms with Gasteiger partial charge in [0, 0.05) is 17.8 Å². The van der Waals surface area contributed by atoms with E-state index in [9.17, 15) is 0 Å². The van der Waals surface area contributed by atoms with Crippen molar-refractivity contribution in [3.8, 4) is 0 Å². The highest BCUT2D eigenvalue weighted by atomic mass is 35.5. The van der Waals surface area contributed by atoms with Crippen molar-refractivity contribution < 1.29 is 0 Å². The highest BCUT2D eigenvalue weighted by molar-refractivity contribution is 6.17. The van der Waals surface area contributed by atoms with E-state index in [0.29, 0.717) is 0 Å². The Balaban J connectivity index is 1.98. The molecule has 4 heteroatoms. The lowest BCUT2D eigenvalue weighted by Gasteiger charge is -2.07. The van der Waals surface area contributed by atoms with Gasteiger partial charge in [-0.15, -0.1) is 11.6 Å². The van der Waals surface area contributed by atoms with Crippen LogP contribution in [0, 0.1) is 0 Å². The van der Waals surface area contributed by atoms with Gasteiger partial charge < -0.3 is 5.32 Å². The Labute approximate surface area is 106 Å². The summed E-state index contributed by atoms with van der Waals surface area (Å²) in [4.78, 5) is 0. The number of aromatic nitrogens is 2. The third-order valence-electron chi connectivity index (χ3n) is 2.67. The highest BCUT2D eigenvalue weighted by Crippen LogP contribution is 2.19. The predicted octanol–water partition coefficient (Wildman–Crippen LogP) is 3.45. The van der Waals surface area contributed by atoms with Gasteiger partial charge in [-0.25, -0.2) is 0 Å². The van der Waals surface area contributed by atoms with Crippen LogP contribution in [0.1, 0.15) is 19.3 Å². The van der Waals surface area contributed by atoms with Gasteiger partial charge in [0.25, 0.3) is 0 Å². The summed E-state index contributed by atoms with van der Waals surface area (Å²) in [7, 11) is 0. The van der Waals surface area contributed by atoms with Crippen molar-refractivity contribution in [1.82, 2.24) is 10.2 Å². The second-order valence-corrected chi connectivity index (χ2v) is 4.33. The molecule has 3 nitrogen and oxygen atoms in total. The van der Waals surface area contributed by atoms with Gasteiger partial charge in [0.1, 0.15) is 0 Å². The van der Waals surface area contributed by atoms with E-state index >= 15 is 0 Å². The van der Waals surface area contributed by atoms with Crippen molar-refractivity contribution in [2.24, 2.45) is 0 Å². The van der Waals surface area contributed by atoms with Crippen molar-refractivity contribution in [2.45, 2.75) is 19.3 Å². The quantitative estimate of drug-likeness (QED) is 0.629. The fourth-order valence-corrected chi connectivity index (χ4v) is 1.96. The molecule has 2 aromatic rings. The minimum absolute atomic E-state index is 0.750. The number of nitrogens with one attached hydrogen (secondary N) is 1. The second kappa shape index (κ2) is 6.40. The Bertz CT molecular complexity index is 468. The number of fused-ring (bicyclic) bond motifs is 1. The van der Waals surface area contributed by atoms with E-state index < -0.39 is 0 Å². The summed E-state index contributed by atoms with van der Waals surface area (Å²) in [6, 6.07) is 8.02. The molecule has 1 N–H and O–H groups in total. The topological polar surface area (TPSA) is 37.8 Å². The molecule has 0 radical (unpaired) electrons. The van der Waals surface area contributed by atoms with Crippen molar-refractivity contribution in [1.29, 1.82) is 0 Å². The highest BCUT2D eigenvalue weighted by Gasteiger charge is 2.00. The van der Waals surface area contributed by atoms with Crippen LogP contribution in [0.15, 0.2) is 30.5 Å². The van der Waals surface area contributed by atoms with E-state index in [1.165, 1.54) is 0 Å². The molecular weight excluding hydrogens is 234 g/mol. The maximum absolute atomic E-state index is 5.64. The smallest absolute Gasteiger partial charge is 0.0950 e. The molecule has 2 rings (SSSR count). The maximum Gasteiger partial charge on any atom is 0.0950 e. The summed E-state index contributed by atoms with van der Waals surface area (Å²) in [5.41, 5.74) is 1.99. The molecule has 0 aliphatic heterocycles. The van der Waals surface area contributed by atoms with Crippen molar-refractivity contribution in [3.05, 3.63) is 30.5 Å². The first-order chi connectivity index (χ1) is 8.42. The minimum atomic E-state index is 0.750. The number of nitrogens with zero attached hydrogens (tertiary/aromatic N) is 2. The van der Waals surface area contributed by atoms with E-state index in [1.807, 2.05) is 18.2 Å². The van der Waals surface area contributed by atoms with Gasteiger partial charge >= 0.3 is 0 Å². The first-order valence-corrected chi connectivity index (χ1v) is 6.45. The average molecular weight is 250 g/mol. The number of halogens is 1. The predicted molar refractivity (Wildman–Crippen MR) is 72.6 cm³/mol. The Morgan fingerprint density at radius 1 is 1.12 bits per heavy atom. The lowest BCUT2D eigenvalue weighted by atomic mass is 10.2. The van der Waals surface area contributed by atoms with Crippen LogP contribution in [0.4, 0.5) is 5.69 Å². The van der Waals surface area contributed by atoms with Crippen LogP contribution >= 0.6 is 11.6 Å². The summed E-state index contributed by atoms with van der Waals surface area (Å²) in [5.74, 6) is 0.750. The first-order valence-electron chi connectivity index (χ1n) is 5.92. The fraction of sp³-hybridized carbons (Fsp3) is 0.385. The Kier molecular flexibility index (Phi) is 4.56. The van der Waals surface area contributed by atoms with Crippen LogP contribution in [-0.2, 0) is 0 Å². The van der Waals surface area contributed by atoms with Gasteiger partial charge in [-0.3, -0.25) is 0 Å². The molecule has 0 bridgehead atoms. The maximum atomic E-state index is 5.64. The molecule has 0 saturated heterocycles. The first kappa shape index (κ1) is 12.1. The number of rotatable bonds is 6. The Morgan fingerprint density at radius 3 is 2.88 bits per heavy atom. The van der Waals surface area contributed by atoms with Gasteiger partial charge in [-0.1, -0.05) is 24.6 Å². The molecule has 1 aromatic heterocycles. The summed E-state index contributed by atoms with van der Waals surface area (Å²) < 4.78 is 0. The molecule has 0 atom stereocenters. The van der Waals surface area contributed by atoms with Crippen LogP contribution in [0.2, 0.25) is 0 Å². The molecule has 0 unspecified atom stereocenters. The van der Waals surface area contributed by atoms with Gasteiger partial charge in [-0.05, 0) is 18.9 Å². The third kappa shape index (κ3) is 3.30. The standard InChI is InChI=1S/C13H16ClN3/c14-8-4-1-5-9-15-13-10-16-17-12-7-3-2-6-11(12)13/h2-3,6-7,10H,1,4-5,8-9H2,(H,15,17). The van der Waals surface area contributed by atoms with Crippen molar-refractivity contribution in [2.75, 3.05) is 17.7 Å². The van der Waals surface area contributed by atoms with Crippen molar-refractivity contribution >= 4 is 28.2 Å². The Morgan fingerprint density at radius 2 is 2.00 bits per heavy atom. The zero-order valence-corrected chi connectivity index (χ0v) is 10.5. The minimum Gasteiger partial charge on any atom is -0.383 e. The molecule has 0 amide bonds. The van der Waals surface area contributed by atoms with Crippen LogP contribution in [0.5, 0.6) is 0 Å². The molecule has 90 valence electrons. The van der Waals surface area contributed by atoms with E-state index in [0.717, 1.165) is 48.3 Å². The SMILES string of the molecule is ClCCCCCNc1cnnc2ccccc12. The number of alkyl halides is 1. The van der Waals surface area contributed by atoms with Gasteiger partial charge in [0.05, 0.1) is 17.4 Å². The van der Waals surface area contributed by atoms with Gasteiger partial charge in [0.15, 0.2) is 0 Å². The average Bonchev–Trinajstić information content (AvgIpc) is 2.39. The van der Waals surface area contributed by atoms with Crippen LogP contribution in [0.3, 0.4) is 0 Å². The third-order valence-corrected chi connectivity index (χ3v) is 2.94. The number of benzene rings is 1. The Hall–Kier alpha value is -1.35. The summed E-state index contributed by atoms with van der Waals surface area (Å²) in [6.45, 7) is 0.951. The van der Waals surface area contributed by atoms with Crippen LogP contribution < -0.4 is 5.32 Å². The normalized spacial score (nSPS) is 10.6. The van der Waals surface area contributed by atoms with E-state index in [2.05, 4.69) is 21.6 Å². The van der Waals surface area contributed by atoms with Gasteiger partial charge in [-0.2, -0.15) is 10.2 Å². The molecule has 0 spiro atoms. The lowest BCUT2D eigenvalue weighted by molar-refractivity contribution is 0.747. The fourth-order valence-electron chi connectivity index (χ4n) is 1.77. The van der Waals surface area contributed by atoms with E-state index in [1.54, 1.807) is 6.20 Å². The number of anilines is 1. The van der Waals surface area contributed by atoms with Gasteiger partial charge in [0.2, 0.25) is 0 Å². The van der Waals surface area contributed by atoms with E-state index in [4.69, 9.17) is 11.6 Å². The number of hydrogen-bond acceptors (Lipinski definition) is 3. The number of unbranched alkanes of at least 4 members (excludes halogenated alkanes) is 2. The molecular formula is C13H16ClN3. The van der Waals surface area contributed by atoms with Crippen LogP contribution in [0.25, 0.3) is 10.9 Å². The van der Waals surface area contributed by atoms with E-state index in [-0.39, 0.29) is 0 Å². The molecule has 17 heavy (non-hydrogen) atoms. The summed E-state index contributed by atoms with van der Waals surface area (Å²) in [6.07, 6.45) is 5.15. The molecule has 1 heterocycles. The zero-order chi connectivity index (χ0) is 11.9. The largest absolute Gasteiger partial charge is 0.383 e. The summed E-state index contributed by atoms with van der Waals surface area (Å²) >= 11 is 5.64.